The lowest BCUT2D eigenvalue weighted by Gasteiger charge is -2.12. The summed E-state index contributed by atoms with van der Waals surface area (Å²) in [5, 5.41) is 9.29. The van der Waals surface area contributed by atoms with Crippen molar-refractivity contribution in [3.63, 3.8) is 0 Å². The van der Waals surface area contributed by atoms with Crippen LogP contribution in [0.1, 0.15) is 15.9 Å². The number of methoxy groups -OCH3 is 1. The van der Waals surface area contributed by atoms with Crippen molar-refractivity contribution in [2.45, 2.75) is 11.4 Å². The van der Waals surface area contributed by atoms with Gasteiger partial charge in [-0.3, -0.25) is 9.89 Å². The smallest absolute Gasteiger partial charge is 0.255 e. The molecule has 0 unspecified atom stereocenters. The number of aromatic nitrogens is 5. The molecule has 3 aromatic heterocycles. The van der Waals surface area contributed by atoms with E-state index >= 15 is 4.39 Å². The van der Waals surface area contributed by atoms with Gasteiger partial charge in [-0.2, -0.15) is 5.10 Å². The summed E-state index contributed by atoms with van der Waals surface area (Å²) in [6.07, 6.45) is 5.98. The minimum atomic E-state index is -3.53. The van der Waals surface area contributed by atoms with Crippen LogP contribution in [0.15, 0.2) is 66.0 Å². The number of carbonyl (C=O) groups is 1. The molecule has 188 valence electrons. The number of hydrogen-bond acceptors (Lipinski definition) is 7. The first-order valence-corrected chi connectivity index (χ1v) is 12.9. The monoisotopic (exact) mass is 520 g/mol. The van der Waals surface area contributed by atoms with Crippen molar-refractivity contribution < 1.29 is 22.3 Å². The Morgan fingerprint density at radius 2 is 1.97 bits per heavy atom. The molecule has 5 aromatic rings. The van der Waals surface area contributed by atoms with E-state index in [1.54, 1.807) is 36.8 Å². The number of aromatic amines is 2. The molecule has 0 aliphatic heterocycles. The van der Waals surface area contributed by atoms with E-state index in [-0.39, 0.29) is 28.3 Å². The number of sulfone groups is 1. The highest BCUT2D eigenvalue weighted by Gasteiger charge is 2.18. The molecule has 2 aromatic carbocycles. The predicted octanol–water partition coefficient (Wildman–Crippen LogP) is 3.50. The molecule has 3 N–H and O–H groups in total. The maximum Gasteiger partial charge on any atom is 0.255 e. The normalized spacial score (nSPS) is 11.5. The number of imidazole rings is 1. The number of nitrogens with one attached hydrogen (secondary N) is 3. The van der Waals surface area contributed by atoms with Crippen LogP contribution in [0, 0.1) is 5.82 Å². The molecule has 0 radical (unpaired) electrons. The van der Waals surface area contributed by atoms with Crippen LogP contribution in [-0.2, 0) is 16.4 Å². The standard InChI is InChI=1S/C25H21FN6O4S/c1-36-21-6-5-17(37(2,34)35)10-19(21)25(33)28-11-15-4-3-14(9-20(15)26)18-7-8-27-24-22(18)31-23(32-24)16-12-29-30-13-16/h3-10,12-13H,11H2,1-2H3,(H,28,33)(H,29,30)(H,27,31,32). The van der Waals surface area contributed by atoms with Crippen molar-refractivity contribution in [2.75, 3.05) is 13.4 Å². The molecule has 0 saturated carbocycles. The Morgan fingerprint density at radius 1 is 1.14 bits per heavy atom. The van der Waals surface area contributed by atoms with Crippen LogP contribution in [-0.4, -0.2) is 52.8 Å². The number of benzene rings is 2. The van der Waals surface area contributed by atoms with Crippen LogP contribution >= 0.6 is 0 Å². The first-order valence-electron chi connectivity index (χ1n) is 11.0. The maximum atomic E-state index is 15.1. The van der Waals surface area contributed by atoms with E-state index in [0.29, 0.717) is 28.1 Å². The molecule has 0 saturated heterocycles. The molecular formula is C25H21FN6O4S. The van der Waals surface area contributed by atoms with Gasteiger partial charge >= 0.3 is 0 Å². The van der Waals surface area contributed by atoms with Gasteiger partial charge in [0.25, 0.3) is 5.91 Å². The fourth-order valence-electron chi connectivity index (χ4n) is 3.89. The van der Waals surface area contributed by atoms with E-state index in [1.165, 1.54) is 31.4 Å². The molecule has 37 heavy (non-hydrogen) atoms. The molecular weight excluding hydrogens is 499 g/mol. The van der Waals surface area contributed by atoms with E-state index in [1.807, 2.05) is 0 Å². The van der Waals surface area contributed by atoms with Crippen LogP contribution in [0.4, 0.5) is 4.39 Å². The second-order valence-electron chi connectivity index (χ2n) is 8.25. The highest BCUT2D eigenvalue weighted by atomic mass is 32.2. The van der Waals surface area contributed by atoms with Gasteiger partial charge in [-0.25, -0.2) is 22.8 Å². The zero-order valence-corrected chi connectivity index (χ0v) is 20.6. The number of amides is 1. The Bertz CT molecular complexity index is 1730. The van der Waals surface area contributed by atoms with Crippen LogP contribution in [0.25, 0.3) is 33.7 Å². The van der Waals surface area contributed by atoms with Crippen molar-refractivity contribution in [1.82, 2.24) is 30.5 Å². The average Bonchev–Trinajstić information content (AvgIpc) is 3.56. The van der Waals surface area contributed by atoms with Crippen molar-refractivity contribution in [2.24, 2.45) is 0 Å². The van der Waals surface area contributed by atoms with Crippen molar-refractivity contribution >= 4 is 26.9 Å². The van der Waals surface area contributed by atoms with Crippen molar-refractivity contribution in [3.05, 3.63) is 78.0 Å². The predicted molar refractivity (Wildman–Crippen MR) is 134 cm³/mol. The Hall–Kier alpha value is -4.58. The average molecular weight is 521 g/mol. The van der Waals surface area contributed by atoms with Crippen LogP contribution in [0.2, 0.25) is 0 Å². The van der Waals surface area contributed by atoms with Gasteiger partial charge < -0.3 is 15.0 Å². The Kier molecular flexibility index (Phi) is 6.17. The van der Waals surface area contributed by atoms with E-state index < -0.39 is 21.6 Å². The Balaban J connectivity index is 1.39. The molecule has 1 amide bonds. The second kappa shape index (κ2) is 9.47. The number of hydrogen-bond donors (Lipinski definition) is 3. The quantitative estimate of drug-likeness (QED) is 0.298. The first-order chi connectivity index (χ1) is 17.7. The van der Waals surface area contributed by atoms with E-state index in [9.17, 15) is 13.2 Å². The SMILES string of the molecule is COc1ccc(S(C)(=O)=O)cc1C(=O)NCc1ccc(-c2ccnc3nc(-c4cn[nH]c4)[nH]c23)cc1F. The largest absolute Gasteiger partial charge is 0.496 e. The van der Waals surface area contributed by atoms with E-state index in [2.05, 4.69) is 30.5 Å². The minimum Gasteiger partial charge on any atom is -0.496 e. The topological polar surface area (TPSA) is 143 Å². The van der Waals surface area contributed by atoms with Crippen LogP contribution in [0.5, 0.6) is 5.75 Å². The molecule has 3 heterocycles. The van der Waals surface area contributed by atoms with Gasteiger partial charge in [0, 0.05) is 36.3 Å². The minimum absolute atomic E-state index is 0.0209. The van der Waals surface area contributed by atoms with Gasteiger partial charge in [0.2, 0.25) is 0 Å². The third-order valence-corrected chi connectivity index (χ3v) is 6.92. The fourth-order valence-corrected chi connectivity index (χ4v) is 4.54. The van der Waals surface area contributed by atoms with E-state index in [0.717, 1.165) is 11.8 Å². The maximum absolute atomic E-state index is 15.1. The summed E-state index contributed by atoms with van der Waals surface area (Å²) in [7, 11) is -2.15. The molecule has 0 spiro atoms. The third kappa shape index (κ3) is 4.78. The lowest BCUT2D eigenvalue weighted by Crippen LogP contribution is -2.24. The van der Waals surface area contributed by atoms with Gasteiger partial charge in [-0.1, -0.05) is 12.1 Å². The van der Waals surface area contributed by atoms with Gasteiger partial charge in [-0.05, 0) is 35.9 Å². The van der Waals surface area contributed by atoms with Crippen molar-refractivity contribution in [3.8, 4) is 28.3 Å². The van der Waals surface area contributed by atoms with E-state index in [4.69, 9.17) is 4.74 Å². The number of pyridine rings is 1. The number of rotatable bonds is 7. The number of nitrogens with zero attached hydrogens (tertiary/aromatic N) is 3. The lowest BCUT2D eigenvalue weighted by atomic mass is 10.0. The van der Waals surface area contributed by atoms with Gasteiger partial charge in [0.1, 0.15) is 17.4 Å². The van der Waals surface area contributed by atoms with Crippen LogP contribution in [0.3, 0.4) is 0 Å². The Morgan fingerprint density at radius 3 is 2.68 bits per heavy atom. The van der Waals surface area contributed by atoms with Gasteiger partial charge in [0.15, 0.2) is 15.5 Å². The zero-order valence-electron chi connectivity index (χ0n) is 19.7. The molecule has 0 fully saturated rings. The number of fused-ring (bicyclic) bond motifs is 1. The lowest BCUT2D eigenvalue weighted by molar-refractivity contribution is 0.0947. The zero-order chi connectivity index (χ0) is 26.2. The summed E-state index contributed by atoms with van der Waals surface area (Å²) in [5.41, 5.74) is 3.50. The molecule has 5 rings (SSSR count). The number of ether oxygens (including phenoxy) is 1. The Labute approximate surface area is 210 Å². The summed E-state index contributed by atoms with van der Waals surface area (Å²) >= 11 is 0. The second-order valence-corrected chi connectivity index (χ2v) is 10.3. The number of halogens is 1. The summed E-state index contributed by atoms with van der Waals surface area (Å²) < 4.78 is 44.0. The first kappa shape index (κ1) is 24.1. The molecule has 10 nitrogen and oxygen atoms in total. The summed E-state index contributed by atoms with van der Waals surface area (Å²) in [6.45, 7) is -0.113. The summed E-state index contributed by atoms with van der Waals surface area (Å²) in [5.74, 6) is -0.323. The summed E-state index contributed by atoms with van der Waals surface area (Å²) in [6, 6.07) is 10.5. The fraction of sp³-hybridized carbons (Fsp3) is 0.120. The molecule has 0 aliphatic rings. The highest BCUT2D eigenvalue weighted by molar-refractivity contribution is 7.90. The van der Waals surface area contributed by atoms with Gasteiger partial charge in [-0.15, -0.1) is 0 Å². The number of carbonyl (C=O) groups excluding carboxylic acids is 1. The molecule has 12 heteroatoms. The summed E-state index contributed by atoms with van der Waals surface area (Å²) in [4.78, 5) is 24.8. The van der Waals surface area contributed by atoms with Crippen molar-refractivity contribution in [1.29, 1.82) is 0 Å². The highest BCUT2D eigenvalue weighted by Crippen LogP contribution is 2.29. The number of H-pyrrole nitrogens is 2. The molecule has 0 bridgehead atoms. The molecule has 0 aliphatic carbocycles. The van der Waals surface area contributed by atoms with Gasteiger partial charge in [0.05, 0.1) is 34.8 Å². The molecule has 0 atom stereocenters. The third-order valence-electron chi connectivity index (χ3n) is 5.81. The van der Waals surface area contributed by atoms with Crippen LogP contribution < -0.4 is 10.1 Å².